The van der Waals surface area contributed by atoms with E-state index in [9.17, 15) is 13.2 Å². The van der Waals surface area contributed by atoms with E-state index in [0.717, 1.165) is 22.3 Å². The highest BCUT2D eigenvalue weighted by molar-refractivity contribution is 7.88. The maximum atomic E-state index is 12.1. The van der Waals surface area contributed by atoms with Crippen LogP contribution in [0.15, 0.2) is 12.3 Å². The predicted molar refractivity (Wildman–Crippen MR) is 117 cm³/mol. The van der Waals surface area contributed by atoms with E-state index >= 15 is 0 Å². The van der Waals surface area contributed by atoms with Crippen molar-refractivity contribution in [2.24, 2.45) is 5.41 Å². The number of nitrogens with zero attached hydrogens (tertiary/aromatic N) is 4. The molecule has 2 aromatic heterocycles. The highest BCUT2D eigenvalue weighted by Gasteiger charge is 2.48. The number of rotatable bonds is 5. The van der Waals surface area contributed by atoms with Crippen molar-refractivity contribution in [1.29, 1.82) is 0 Å². The second kappa shape index (κ2) is 7.98. The number of anilines is 1. The fourth-order valence-corrected chi connectivity index (χ4v) is 5.58. The highest BCUT2D eigenvalue weighted by atomic mass is 32.2. The van der Waals surface area contributed by atoms with Crippen LogP contribution in [0, 0.1) is 12.3 Å². The number of sulfonamides is 1. The minimum absolute atomic E-state index is 0.114. The van der Waals surface area contributed by atoms with Crippen molar-refractivity contribution in [1.82, 2.24) is 19.3 Å². The van der Waals surface area contributed by atoms with Gasteiger partial charge in [0.05, 0.1) is 30.0 Å². The lowest BCUT2D eigenvalue weighted by molar-refractivity contribution is -0.158. The van der Waals surface area contributed by atoms with Crippen molar-refractivity contribution in [2.45, 2.75) is 51.5 Å². The lowest BCUT2D eigenvalue weighted by Crippen LogP contribution is -2.42. The minimum Gasteiger partial charge on any atom is -0.469 e. The van der Waals surface area contributed by atoms with Crippen LogP contribution in [0.4, 0.5) is 5.95 Å². The minimum atomic E-state index is -3.15. The van der Waals surface area contributed by atoms with Crippen molar-refractivity contribution >= 4 is 32.8 Å². The summed E-state index contributed by atoms with van der Waals surface area (Å²) in [4.78, 5) is 26.0. The van der Waals surface area contributed by atoms with Gasteiger partial charge in [-0.3, -0.25) is 9.78 Å². The van der Waals surface area contributed by atoms with Crippen LogP contribution < -0.4 is 5.32 Å². The first-order chi connectivity index (χ1) is 14.6. The number of ether oxygens (including phenoxy) is 1. The molecule has 4 rings (SSSR count). The fourth-order valence-electron chi connectivity index (χ4n) is 4.71. The maximum absolute atomic E-state index is 12.1. The van der Waals surface area contributed by atoms with Gasteiger partial charge in [0.1, 0.15) is 0 Å². The van der Waals surface area contributed by atoms with E-state index in [-0.39, 0.29) is 17.9 Å². The Kier molecular flexibility index (Phi) is 5.63. The van der Waals surface area contributed by atoms with Gasteiger partial charge in [-0.05, 0) is 45.6 Å². The number of aromatic nitrogens is 3. The van der Waals surface area contributed by atoms with Crippen molar-refractivity contribution in [3.63, 3.8) is 0 Å². The van der Waals surface area contributed by atoms with E-state index in [1.165, 1.54) is 17.7 Å². The molecule has 0 unspecified atom stereocenters. The molecule has 3 heterocycles. The van der Waals surface area contributed by atoms with Crippen LogP contribution in [0.2, 0.25) is 0 Å². The van der Waals surface area contributed by atoms with E-state index in [1.54, 1.807) is 6.20 Å². The monoisotopic (exact) mass is 447 g/mol. The second-order valence-electron chi connectivity index (χ2n) is 9.02. The van der Waals surface area contributed by atoms with Gasteiger partial charge in [0.15, 0.2) is 0 Å². The molecule has 0 bridgehead atoms. The van der Waals surface area contributed by atoms with Crippen molar-refractivity contribution in [2.75, 3.05) is 31.8 Å². The predicted octanol–water partition coefficient (Wildman–Crippen LogP) is 2.23. The molecule has 0 atom stereocenters. The molecule has 168 valence electrons. The molecule has 1 N–H and O–H groups in total. The van der Waals surface area contributed by atoms with Gasteiger partial charge in [-0.2, -0.15) is 0 Å². The first kappa shape index (κ1) is 21.9. The highest BCUT2D eigenvalue weighted by Crippen LogP contribution is 2.52. The zero-order chi connectivity index (χ0) is 22.4. The third kappa shape index (κ3) is 4.36. The average molecular weight is 448 g/mol. The normalized spacial score (nSPS) is 25.2. The Labute approximate surface area is 182 Å². The van der Waals surface area contributed by atoms with Crippen molar-refractivity contribution < 1.29 is 17.9 Å². The zero-order valence-electron chi connectivity index (χ0n) is 18.4. The van der Waals surface area contributed by atoms with Crippen molar-refractivity contribution in [3.8, 4) is 0 Å². The summed E-state index contributed by atoms with van der Waals surface area (Å²) in [6, 6.07) is 2.08. The third-order valence-electron chi connectivity index (χ3n) is 6.44. The Hall–Kier alpha value is -2.33. The largest absolute Gasteiger partial charge is 0.469 e. The number of methoxy groups -OCH3 is 1. The number of hydrogen-bond acceptors (Lipinski definition) is 8. The number of nitrogens with one attached hydrogen (secondary N) is 1. The molecule has 0 radical (unpaired) electrons. The van der Waals surface area contributed by atoms with Gasteiger partial charge in [-0.15, -0.1) is 0 Å². The van der Waals surface area contributed by atoms with E-state index in [1.807, 2.05) is 19.9 Å². The van der Waals surface area contributed by atoms with Gasteiger partial charge in [0, 0.05) is 42.3 Å². The van der Waals surface area contributed by atoms with Crippen LogP contribution in [0.25, 0.3) is 10.9 Å². The number of carbonyl (C=O) groups excluding carboxylic acids is 1. The molecular weight excluding hydrogens is 418 g/mol. The lowest BCUT2D eigenvalue weighted by Gasteiger charge is -2.42. The summed E-state index contributed by atoms with van der Waals surface area (Å²) in [5.41, 5.74) is 2.12. The Morgan fingerprint density at radius 3 is 2.55 bits per heavy atom. The molecule has 2 fully saturated rings. The number of aryl methyl sites for hydroxylation is 1. The van der Waals surface area contributed by atoms with E-state index in [0.29, 0.717) is 44.7 Å². The Bertz CT molecular complexity index is 1110. The molecule has 0 aromatic carbocycles. The molecule has 2 aromatic rings. The van der Waals surface area contributed by atoms with Crippen LogP contribution in [-0.4, -0.2) is 66.1 Å². The summed E-state index contributed by atoms with van der Waals surface area (Å²) in [7, 11) is -1.73. The van der Waals surface area contributed by atoms with Gasteiger partial charge in [0.2, 0.25) is 16.0 Å². The Morgan fingerprint density at radius 1 is 1.26 bits per heavy atom. The summed E-state index contributed by atoms with van der Waals surface area (Å²) in [6.45, 7) is 4.86. The molecule has 1 saturated carbocycles. The van der Waals surface area contributed by atoms with Gasteiger partial charge < -0.3 is 10.1 Å². The van der Waals surface area contributed by atoms with Crippen LogP contribution in [0.5, 0.6) is 0 Å². The first-order valence-electron chi connectivity index (χ1n) is 10.5. The SMILES string of the molecule is COC(=O)C1(C)CC(c2nc(C)cc3cnc(NC4CCN(S(C)(=O)=O)CC4)nc23)C1. The molecule has 2 aliphatic rings. The smallest absolute Gasteiger partial charge is 0.311 e. The number of esters is 1. The molecule has 31 heavy (non-hydrogen) atoms. The van der Waals surface area contributed by atoms with Gasteiger partial charge >= 0.3 is 5.97 Å². The zero-order valence-corrected chi connectivity index (χ0v) is 19.2. The number of pyridine rings is 1. The lowest BCUT2D eigenvalue weighted by atomic mass is 9.62. The third-order valence-corrected chi connectivity index (χ3v) is 7.74. The summed E-state index contributed by atoms with van der Waals surface area (Å²) in [5.74, 6) is 0.484. The topological polar surface area (TPSA) is 114 Å². The number of fused-ring (bicyclic) bond motifs is 1. The van der Waals surface area contributed by atoms with Gasteiger partial charge in [-0.1, -0.05) is 0 Å². The molecule has 1 aliphatic carbocycles. The summed E-state index contributed by atoms with van der Waals surface area (Å²) in [5, 5.41) is 4.28. The standard InChI is InChI=1S/C21H29N5O4S/c1-13-9-14-12-22-20(24-16-5-7-26(8-6-16)31(4,28)29)25-17(14)18(23-13)15-10-21(2,11-15)19(27)30-3/h9,12,15-16H,5-8,10-11H2,1-4H3,(H,22,24,25). The summed E-state index contributed by atoms with van der Waals surface area (Å²) in [6.07, 6.45) is 5.81. The maximum Gasteiger partial charge on any atom is 0.311 e. The van der Waals surface area contributed by atoms with Crippen LogP contribution in [0.1, 0.15) is 49.9 Å². The molecule has 1 aliphatic heterocycles. The first-order valence-corrected chi connectivity index (χ1v) is 12.4. The van der Waals surface area contributed by atoms with Gasteiger partial charge in [-0.25, -0.2) is 22.7 Å². The molecule has 0 spiro atoms. The van der Waals surface area contributed by atoms with E-state index in [4.69, 9.17) is 14.7 Å². The quantitative estimate of drug-likeness (QED) is 0.694. The van der Waals surface area contributed by atoms with Crippen molar-refractivity contribution in [3.05, 3.63) is 23.7 Å². The van der Waals surface area contributed by atoms with Crippen LogP contribution in [-0.2, 0) is 19.6 Å². The number of carbonyl (C=O) groups is 1. The van der Waals surface area contributed by atoms with Crippen LogP contribution >= 0.6 is 0 Å². The number of hydrogen-bond donors (Lipinski definition) is 1. The Balaban J connectivity index is 1.53. The van der Waals surface area contributed by atoms with Gasteiger partial charge in [0.25, 0.3) is 0 Å². The van der Waals surface area contributed by atoms with Crippen LogP contribution in [0.3, 0.4) is 0 Å². The molecule has 0 amide bonds. The number of piperidine rings is 1. The van der Waals surface area contributed by atoms with E-state index < -0.39 is 15.4 Å². The molecule has 10 heteroatoms. The fraction of sp³-hybridized carbons (Fsp3) is 0.619. The molecule has 9 nitrogen and oxygen atoms in total. The van der Waals surface area contributed by atoms with E-state index in [2.05, 4.69) is 10.3 Å². The average Bonchev–Trinajstić information content (AvgIpc) is 2.70. The molecular formula is C21H29N5O4S. The summed E-state index contributed by atoms with van der Waals surface area (Å²) >= 11 is 0. The summed E-state index contributed by atoms with van der Waals surface area (Å²) < 4.78 is 29.9. The Morgan fingerprint density at radius 2 is 1.94 bits per heavy atom. The molecule has 1 saturated heterocycles. The second-order valence-corrected chi connectivity index (χ2v) is 11.0.